The average Bonchev–Trinajstić information content (AvgIpc) is 3.03. The molecule has 0 fully saturated rings. The lowest BCUT2D eigenvalue weighted by Crippen LogP contribution is -2.10. The monoisotopic (exact) mass is 294 g/mol. The van der Waals surface area contributed by atoms with Crippen molar-refractivity contribution in [2.75, 3.05) is 0 Å². The van der Waals surface area contributed by atoms with Crippen molar-refractivity contribution in [2.24, 2.45) is 0 Å². The van der Waals surface area contributed by atoms with Gasteiger partial charge in [-0.1, -0.05) is 11.6 Å². The van der Waals surface area contributed by atoms with Gasteiger partial charge in [0.15, 0.2) is 0 Å². The van der Waals surface area contributed by atoms with Crippen molar-refractivity contribution >= 4 is 34.2 Å². The molecule has 2 heterocycles. The Morgan fingerprint density at radius 1 is 1.21 bits per heavy atom. The minimum atomic E-state index is 0.380. The largest absolute Gasteiger partial charge is 0.325 e. The van der Waals surface area contributed by atoms with Gasteiger partial charge in [-0.15, -0.1) is 11.6 Å². The Balaban J connectivity index is 1.97. The summed E-state index contributed by atoms with van der Waals surface area (Å²) in [4.78, 5) is 4.51. The minimum absolute atomic E-state index is 0.380. The summed E-state index contributed by atoms with van der Waals surface area (Å²) in [5.74, 6) is 1.23. The predicted octanol–water partition coefficient (Wildman–Crippen LogP) is 3.33. The van der Waals surface area contributed by atoms with E-state index in [0.717, 1.165) is 29.9 Å². The number of nitrogens with zero attached hydrogens (tertiary/aromatic N) is 4. The third-order valence-corrected chi connectivity index (χ3v) is 3.49. The van der Waals surface area contributed by atoms with Gasteiger partial charge in [0.2, 0.25) is 0 Å². The van der Waals surface area contributed by atoms with E-state index in [1.165, 1.54) is 0 Å². The summed E-state index contributed by atoms with van der Waals surface area (Å²) >= 11 is 12.0. The standard InChI is InChI=1S/C13H12Cl2N4/c14-9-13-17-11-3-2-10(15)8-12(11)19(13)7-6-18-5-1-4-16-18/h1-5,8H,6-7,9H2. The lowest BCUT2D eigenvalue weighted by Gasteiger charge is -2.08. The lowest BCUT2D eigenvalue weighted by atomic mass is 10.3. The van der Waals surface area contributed by atoms with E-state index in [2.05, 4.69) is 14.6 Å². The van der Waals surface area contributed by atoms with Gasteiger partial charge in [-0.05, 0) is 24.3 Å². The number of benzene rings is 1. The van der Waals surface area contributed by atoms with Crippen LogP contribution in [0.5, 0.6) is 0 Å². The van der Waals surface area contributed by atoms with Crippen LogP contribution in [0.2, 0.25) is 5.02 Å². The Hall–Kier alpha value is -1.52. The molecule has 0 bridgehead atoms. The van der Waals surface area contributed by atoms with Crippen LogP contribution in [0.4, 0.5) is 0 Å². The van der Waals surface area contributed by atoms with Gasteiger partial charge < -0.3 is 4.57 Å². The Bertz CT molecular complexity index is 688. The summed E-state index contributed by atoms with van der Waals surface area (Å²) in [6.07, 6.45) is 3.71. The van der Waals surface area contributed by atoms with Crippen LogP contribution < -0.4 is 0 Å². The number of aryl methyl sites for hydroxylation is 2. The smallest absolute Gasteiger partial charge is 0.124 e. The molecule has 3 aromatic rings. The molecule has 2 aromatic heterocycles. The zero-order chi connectivity index (χ0) is 13.2. The number of rotatable bonds is 4. The second-order valence-corrected chi connectivity index (χ2v) is 4.92. The second-order valence-electron chi connectivity index (χ2n) is 4.22. The number of fused-ring (bicyclic) bond motifs is 1. The second kappa shape index (κ2) is 5.23. The highest BCUT2D eigenvalue weighted by molar-refractivity contribution is 6.31. The maximum atomic E-state index is 6.05. The van der Waals surface area contributed by atoms with E-state index < -0.39 is 0 Å². The fraction of sp³-hybridized carbons (Fsp3) is 0.231. The van der Waals surface area contributed by atoms with Crippen LogP contribution in [-0.4, -0.2) is 19.3 Å². The third kappa shape index (κ3) is 2.46. The molecule has 98 valence electrons. The Morgan fingerprint density at radius 2 is 2.11 bits per heavy atom. The SMILES string of the molecule is ClCc1nc2ccc(Cl)cc2n1CCn1cccn1. The first-order valence-corrected chi connectivity index (χ1v) is 6.87. The summed E-state index contributed by atoms with van der Waals surface area (Å²) in [6.45, 7) is 1.54. The highest BCUT2D eigenvalue weighted by Crippen LogP contribution is 2.21. The highest BCUT2D eigenvalue weighted by Gasteiger charge is 2.10. The van der Waals surface area contributed by atoms with E-state index in [1.807, 2.05) is 35.1 Å². The summed E-state index contributed by atoms with van der Waals surface area (Å²) in [6, 6.07) is 7.58. The summed E-state index contributed by atoms with van der Waals surface area (Å²) in [5, 5.41) is 4.90. The molecule has 19 heavy (non-hydrogen) atoms. The van der Waals surface area contributed by atoms with E-state index >= 15 is 0 Å². The van der Waals surface area contributed by atoms with Crippen molar-refractivity contribution in [3.05, 3.63) is 47.5 Å². The molecule has 0 amide bonds. The van der Waals surface area contributed by atoms with Crippen molar-refractivity contribution in [3.63, 3.8) is 0 Å². The number of imidazole rings is 1. The Kier molecular flexibility index (Phi) is 3.44. The molecule has 0 aliphatic carbocycles. The van der Waals surface area contributed by atoms with Crippen LogP contribution >= 0.6 is 23.2 Å². The van der Waals surface area contributed by atoms with Crippen LogP contribution in [0.15, 0.2) is 36.7 Å². The maximum Gasteiger partial charge on any atom is 0.124 e. The summed E-state index contributed by atoms with van der Waals surface area (Å²) in [5.41, 5.74) is 1.93. The molecule has 0 saturated carbocycles. The van der Waals surface area contributed by atoms with E-state index in [4.69, 9.17) is 23.2 Å². The molecule has 0 spiro atoms. The molecular formula is C13H12Cl2N4. The molecule has 0 atom stereocenters. The molecule has 4 nitrogen and oxygen atoms in total. The highest BCUT2D eigenvalue weighted by atomic mass is 35.5. The van der Waals surface area contributed by atoms with Gasteiger partial charge >= 0.3 is 0 Å². The van der Waals surface area contributed by atoms with Gasteiger partial charge in [-0.3, -0.25) is 4.68 Å². The fourth-order valence-electron chi connectivity index (χ4n) is 2.13. The normalized spacial score (nSPS) is 11.3. The quantitative estimate of drug-likeness (QED) is 0.692. The average molecular weight is 295 g/mol. The maximum absolute atomic E-state index is 6.05. The van der Waals surface area contributed by atoms with Gasteiger partial charge in [0, 0.05) is 24.0 Å². The zero-order valence-electron chi connectivity index (χ0n) is 10.1. The first kappa shape index (κ1) is 12.5. The molecule has 6 heteroatoms. The van der Waals surface area contributed by atoms with Gasteiger partial charge in [0.05, 0.1) is 23.5 Å². The van der Waals surface area contributed by atoms with Crippen molar-refractivity contribution in [1.29, 1.82) is 0 Å². The molecule has 3 rings (SSSR count). The number of alkyl halides is 1. The molecule has 1 aromatic carbocycles. The fourth-order valence-corrected chi connectivity index (χ4v) is 2.50. The van der Waals surface area contributed by atoms with Crippen molar-refractivity contribution in [1.82, 2.24) is 19.3 Å². The molecule has 0 unspecified atom stereocenters. The minimum Gasteiger partial charge on any atom is -0.325 e. The van der Waals surface area contributed by atoms with Crippen LogP contribution in [0.1, 0.15) is 5.82 Å². The summed E-state index contributed by atoms with van der Waals surface area (Å²) in [7, 11) is 0. The van der Waals surface area contributed by atoms with Gasteiger partial charge in [0.25, 0.3) is 0 Å². The number of hydrogen-bond acceptors (Lipinski definition) is 2. The van der Waals surface area contributed by atoms with E-state index in [0.29, 0.717) is 10.9 Å². The number of hydrogen-bond donors (Lipinski definition) is 0. The Labute approximate surface area is 120 Å². The molecule has 0 saturated heterocycles. The first-order valence-electron chi connectivity index (χ1n) is 5.96. The zero-order valence-corrected chi connectivity index (χ0v) is 11.6. The van der Waals surface area contributed by atoms with Crippen LogP contribution in [0.25, 0.3) is 11.0 Å². The van der Waals surface area contributed by atoms with Crippen LogP contribution in [0.3, 0.4) is 0 Å². The summed E-state index contributed by atoms with van der Waals surface area (Å²) < 4.78 is 3.98. The van der Waals surface area contributed by atoms with Crippen molar-refractivity contribution in [2.45, 2.75) is 19.0 Å². The number of halogens is 2. The molecule has 0 radical (unpaired) electrons. The van der Waals surface area contributed by atoms with E-state index in [-0.39, 0.29) is 0 Å². The van der Waals surface area contributed by atoms with Crippen LogP contribution in [0, 0.1) is 0 Å². The molecule has 0 aliphatic heterocycles. The van der Waals surface area contributed by atoms with Gasteiger partial charge in [-0.2, -0.15) is 5.10 Å². The van der Waals surface area contributed by atoms with Crippen molar-refractivity contribution in [3.8, 4) is 0 Å². The third-order valence-electron chi connectivity index (χ3n) is 3.02. The Morgan fingerprint density at radius 3 is 2.84 bits per heavy atom. The molecule has 0 N–H and O–H groups in total. The number of aromatic nitrogens is 4. The van der Waals surface area contributed by atoms with Gasteiger partial charge in [-0.25, -0.2) is 4.98 Å². The molecule has 0 aliphatic rings. The predicted molar refractivity (Wildman–Crippen MR) is 76.5 cm³/mol. The lowest BCUT2D eigenvalue weighted by molar-refractivity contribution is 0.533. The van der Waals surface area contributed by atoms with E-state index in [1.54, 1.807) is 6.20 Å². The topological polar surface area (TPSA) is 35.6 Å². The molecular weight excluding hydrogens is 283 g/mol. The first-order chi connectivity index (χ1) is 9.28. The van der Waals surface area contributed by atoms with E-state index in [9.17, 15) is 0 Å². The van der Waals surface area contributed by atoms with Crippen molar-refractivity contribution < 1.29 is 0 Å². The van der Waals surface area contributed by atoms with Crippen LogP contribution in [-0.2, 0) is 19.0 Å². The van der Waals surface area contributed by atoms with Gasteiger partial charge in [0.1, 0.15) is 5.82 Å².